The molecule has 4 rings (SSSR count). The molecule has 30 heavy (non-hydrogen) atoms. The molecule has 5 nitrogen and oxygen atoms in total. The lowest BCUT2D eigenvalue weighted by Crippen LogP contribution is -2.35. The largest absolute Gasteiger partial charge is 0.352 e. The van der Waals surface area contributed by atoms with E-state index in [4.69, 9.17) is 12.2 Å². The highest BCUT2D eigenvalue weighted by Crippen LogP contribution is 2.41. The van der Waals surface area contributed by atoms with Crippen LogP contribution in [-0.2, 0) is 0 Å². The van der Waals surface area contributed by atoms with Crippen molar-refractivity contribution < 1.29 is 0 Å². The third-order valence-corrected chi connectivity index (χ3v) is 6.14. The molecule has 0 aliphatic carbocycles. The zero-order chi connectivity index (χ0) is 21.3. The molecule has 1 fully saturated rings. The summed E-state index contributed by atoms with van der Waals surface area (Å²) in [4.78, 5) is 9.17. The van der Waals surface area contributed by atoms with Crippen molar-refractivity contribution in [2.75, 3.05) is 27.2 Å². The Morgan fingerprint density at radius 3 is 2.47 bits per heavy atom. The van der Waals surface area contributed by atoms with Gasteiger partial charge in [0.25, 0.3) is 0 Å². The molecule has 1 aromatic carbocycles. The average molecular weight is 420 g/mol. The summed E-state index contributed by atoms with van der Waals surface area (Å²) in [6, 6.07) is 19.0. The first-order chi connectivity index (χ1) is 14.5. The van der Waals surface area contributed by atoms with Crippen LogP contribution in [0.1, 0.15) is 34.7 Å². The van der Waals surface area contributed by atoms with Crippen LogP contribution in [0.3, 0.4) is 0 Å². The second-order valence-corrected chi connectivity index (χ2v) is 8.51. The maximum absolute atomic E-state index is 5.78. The lowest BCUT2D eigenvalue weighted by Gasteiger charge is -2.29. The fourth-order valence-corrected chi connectivity index (χ4v) is 4.69. The molecule has 0 bridgehead atoms. The summed E-state index contributed by atoms with van der Waals surface area (Å²) in [7, 11) is 4.19. The summed E-state index contributed by atoms with van der Waals surface area (Å²) in [6.07, 6.45) is 1.85. The molecule has 2 atom stereocenters. The van der Waals surface area contributed by atoms with Crippen molar-refractivity contribution in [1.29, 1.82) is 0 Å². The van der Waals surface area contributed by atoms with E-state index in [1.54, 1.807) is 0 Å². The Labute approximate surface area is 184 Å². The van der Waals surface area contributed by atoms with Gasteiger partial charge in [-0.1, -0.05) is 24.3 Å². The standard InChI is InChI=1S/C24H29N5S/c1-17-16-20(18(2)29(17)19-10-6-5-7-11-19)23-22(21-12-8-9-13-25-21)26-24(30)28(23)15-14-27(3)4/h5-13,16,22-23H,14-15H2,1-4H3,(H,26,30). The van der Waals surface area contributed by atoms with Crippen molar-refractivity contribution in [1.82, 2.24) is 24.7 Å². The maximum atomic E-state index is 5.78. The molecule has 1 aliphatic rings. The molecule has 1 saturated heterocycles. The highest BCUT2D eigenvalue weighted by molar-refractivity contribution is 7.80. The van der Waals surface area contributed by atoms with Crippen LogP contribution in [0.15, 0.2) is 60.8 Å². The summed E-state index contributed by atoms with van der Waals surface area (Å²) < 4.78 is 2.33. The monoisotopic (exact) mass is 419 g/mol. The second-order valence-electron chi connectivity index (χ2n) is 8.12. The van der Waals surface area contributed by atoms with E-state index in [1.807, 2.05) is 18.3 Å². The van der Waals surface area contributed by atoms with Gasteiger partial charge >= 0.3 is 0 Å². The second kappa shape index (κ2) is 8.58. The summed E-state index contributed by atoms with van der Waals surface area (Å²) >= 11 is 5.78. The first-order valence-electron chi connectivity index (χ1n) is 10.3. The summed E-state index contributed by atoms with van der Waals surface area (Å²) in [5.41, 5.74) is 5.95. The van der Waals surface area contributed by atoms with E-state index < -0.39 is 0 Å². The molecule has 0 saturated carbocycles. The molecule has 0 spiro atoms. The molecular formula is C24H29N5S. The predicted octanol–water partition coefficient (Wildman–Crippen LogP) is 4.02. The van der Waals surface area contributed by atoms with Gasteiger partial charge in [-0.15, -0.1) is 0 Å². The number of benzene rings is 1. The number of hydrogen-bond donors (Lipinski definition) is 1. The number of pyridine rings is 1. The first kappa shape index (κ1) is 20.6. The minimum Gasteiger partial charge on any atom is -0.352 e. The Balaban J connectivity index is 1.80. The molecule has 2 aromatic heterocycles. The van der Waals surface area contributed by atoms with Crippen LogP contribution in [-0.4, -0.2) is 51.6 Å². The quantitative estimate of drug-likeness (QED) is 0.611. The normalized spacial score (nSPS) is 18.8. The van der Waals surface area contributed by atoms with Crippen molar-refractivity contribution in [2.45, 2.75) is 25.9 Å². The number of nitrogens with zero attached hydrogens (tertiary/aromatic N) is 4. The van der Waals surface area contributed by atoms with Crippen molar-refractivity contribution in [3.05, 3.63) is 83.4 Å². The predicted molar refractivity (Wildman–Crippen MR) is 126 cm³/mol. The first-order valence-corrected chi connectivity index (χ1v) is 10.7. The van der Waals surface area contributed by atoms with E-state index in [-0.39, 0.29) is 12.1 Å². The zero-order valence-electron chi connectivity index (χ0n) is 18.0. The molecule has 0 radical (unpaired) electrons. The van der Waals surface area contributed by atoms with Crippen molar-refractivity contribution >= 4 is 17.3 Å². The van der Waals surface area contributed by atoms with Gasteiger partial charge in [0, 0.05) is 36.4 Å². The van der Waals surface area contributed by atoms with Crippen LogP contribution in [0.4, 0.5) is 0 Å². The fraction of sp³-hybridized carbons (Fsp3) is 0.333. The number of aromatic nitrogens is 2. The Bertz CT molecular complexity index is 1010. The van der Waals surface area contributed by atoms with E-state index in [9.17, 15) is 0 Å². The van der Waals surface area contributed by atoms with Gasteiger partial charge in [-0.2, -0.15) is 0 Å². The molecule has 1 N–H and O–H groups in total. The highest BCUT2D eigenvalue weighted by Gasteiger charge is 2.41. The van der Waals surface area contributed by atoms with Crippen LogP contribution in [0.25, 0.3) is 5.69 Å². The minimum absolute atomic E-state index is 0.0191. The lowest BCUT2D eigenvalue weighted by atomic mass is 9.97. The zero-order valence-corrected chi connectivity index (χ0v) is 18.9. The number of rotatable bonds is 6. The van der Waals surface area contributed by atoms with Crippen LogP contribution in [0.5, 0.6) is 0 Å². The number of aryl methyl sites for hydroxylation is 1. The summed E-state index contributed by atoms with van der Waals surface area (Å²) in [5.74, 6) is 0. The molecule has 3 aromatic rings. The van der Waals surface area contributed by atoms with Gasteiger partial charge in [-0.25, -0.2) is 0 Å². The molecular weight excluding hydrogens is 390 g/mol. The molecule has 3 heterocycles. The molecule has 1 aliphatic heterocycles. The Morgan fingerprint density at radius 1 is 1.07 bits per heavy atom. The number of para-hydroxylation sites is 1. The Morgan fingerprint density at radius 2 is 1.80 bits per heavy atom. The van der Waals surface area contributed by atoms with Crippen molar-refractivity contribution in [2.24, 2.45) is 0 Å². The van der Waals surface area contributed by atoms with Crippen molar-refractivity contribution in [3.8, 4) is 5.69 Å². The van der Waals surface area contributed by atoms with E-state index in [0.717, 1.165) is 23.9 Å². The van der Waals surface area contributed by atoms with Crippen LogP contribution < -0.4 is 5.32 Å². The van der Waals surface area contributed by atoms with Crippen molar-refractivity contribution in [3.63, 3.8) is 0 Å². The minimum atomic E-state index is 0.0191. The fourth-order valence-electron chi connectivity index (χ4n) is 4.35. The SMILES string of the molecule is Cc1cc(C2C(c3ccccn3)NC(=S)N2CCN(C)C)c(C)n1-c1ccccc1. The molecule has 2 unspecified atom stereocenters. The highest BCUT2D eigenvalue weighted by atomic mass is 32.1. The molecule has 156 valence electrons. The number of likely N-dealkylation sites (N-methyl/N-ethyl adjacent to an activating group) is 1. The maximum Gasteiger partial charge on any atom is 0.170 e. The lowest BCUT2D eigenvalue weighted by molar-refractivity contribution is 0.277. The molecule has 0 amide bonds. The average Bonchev–Trinajstić information content (AvgIpc) is 3.22. The van der Waals surface area contributed by atoms with Crippen LogP contribution >= 0.6 is 12.2 Å². The van der Waals surface area contributed by atoms with Gasteiger partial charge in [0.15, 0.2) is 5.11 Å². The number of nitrogens with one attached hydrogen (secondary N) is 1. The van der Waals surface area contributed by atoms with Crippen LogP contribution in [0.2, 0.25) is 0 Å². The van der Waals surface area contributed by atoms with Gasteiger partial charge in [0.1, 0.15) is 0 Å². The molecule has 6 heteroatoms. The van der Waals surface area contributed by atoms with Crippen LogP contribution in [0, 0.1) is 13.8 Å². The van der Waals surface area contributed by atoms with Gasteiger partial charge in [0.2, 0.25) is 0 Å². The van der Waals surface area contributed by atoms with Gasteiger partial charge in [0.05, 0.1) is 17.8 Å². The van der Waals surface area contributed by atoms with E-state index in [0.29, 0.717) is 0 Å². The Hall–Kier alpha value is -2.70. The van der Waals surface area contributed by atoms with E-state index >= 15 is 0 Å². The number of hydrogen-bond acceptors (Lipinski definition) is 3. The van der Waals surface area contributed by atoms with E-state index in [2.05, 4.69) is 95.1 Å². The number of thiocarbonyl (C=S) groups is 1. The Kier molecular flexibility index (Phi) is 5.88. The smallest absolute Gasteiger partial charge is 0.170 e. The topological polar surface area (TPSA) is 36.3 Å². The third kappa shape index (κ3) is 3.85. The third-order valence-electron chi connectivity index (χ3n) is 5.79. The van der Waals surface area contributed by atoms with Gasteiger partial charge < -0.3 is 19.7 Å². The van der Waals surface area contributed by atoms with E-state index in [1.165, 1.54) is 22.6 Å². The van der Waals surface area contributed by atoms with Gasteiger partial charge in [-0.05, 0) is 76.1 Å². The summed E-state index contributed by atoms with van der Waals surface area (Å²) in [5, 5.41) is 4.35. The van der Waals surface area contributed by atoms with Gasteiger partial charge in [-0.3, -0.25) is 4.98 Å². The summed E-state index contributed by atoms with van der Waals surface area (Å²) in [6.45, 7) is 6.17.